The van der Waals surface area contributed by atoms with Crippen LogP contribution in [0.1, 0.15) is 60.2 Å². The van der Waals surface area contributed by atoms with Gasteiger partial charge in [-0.1, -0.05) is 73.1 Å². The number of esters is 4. The van der Waals surface area contributed by atoms with E-state index < -0.39 is 23.9 Å². The lowest BCUT2D eigenvalue weighted by molar-refractivity contribution is -0.156. The summed E-state index contributed by atoms with van der Waals surface area (Å²) >= 11 is 24.4. The fraction of sp³-hybridized carbons (Fsp3) is 0.333. The quantitative estimate of drug-likeness (QED) is 0.132. The van der Waals surface area contributed by atoms with Gasteiger partial charge in [-0.3, -0.25) is 0 Å². The molecule has 0 amide bonds. The van der Waals surface area contributed by atoms with Crippen LogP contribution < -0.4 is 9.47 Å². The summed E-state index contributed by atoms with van der Waals surface area (Å²) in [5, 5.41) is -0.719. The van der Waals surface area contributed by atoms with Gasteiger partial charge in [-0.05, 0) is 37.1 Å². The number of hydrogen-bond acceptors (Lipinski definition) is 8. The number of carbonyl (C=O) groups is 4. The van der Waals surface area contributed by atoms with Crippen LogP contribution in [0, 0.1) is 0 Å². The average Bonchev–Trinajstić information content (AvgIpc) is 2.83. The Morgan fingerprint density at radius 2 is 1.00 bits per heavy atom. The largest absolute Gasteiger partial charge is 0.462 e. The molecule has 0 saturated carbocycles. The molecular weight excluding hydrogens is 558 g/mol. The van der Waals surface area contributed by atoms with E-state index in [0.29, 0.717) is 12.8 Å². The van der Waals surface area contributed by atoms with E-state index in [1.54, 1.807) is 0 Å². The number of ether oxygens (including phenoxy) is 4. The van der Waals surface area contributed by atoms with Gasteiger partial charge in [-0.15, -0.1) is 0 Å². The summed E-state index contributed by atoms with van der Waals surface area (Å²) in [7, 11) is 0. The molecular formula is C24H22Cl4O8. The Labute approximate surface area is 227 Å². The molecule has 0 fully saturated rings. The van der Waals surface area contributed by atoms with E-state index in [2.05, 4.69) is 0 Å². The molecule has 0 spiro atoms. The zero-order valence-corrected chi connectivity index (χ0v) is 22.4. The maximum absolute atomic E-state index is 12.4. The molecule has 36 heavy (non-hydrogen) atoms. The Bertz CT molecular complexity index is 1060. The Kier molecular flexibility index (Phi) is 11.8. The molecule has 0 aromatic heterocycles. The summed E-state index contributed by atoms with van der Waals surface area (Å²) in [6, 6.07) is 4.89. The molecule has 0 saturated heterocycles. The second kappa shape index (κ2) is 14.3. The number of carbonyl (C=O) groups excluding carboxylic acids is 4. The fourth-order valence-electron chi connectivity index (χ4n) is 2.64. The number of halogens is 4. The average molecular weight is 580 g/mol. The monoisotopic (exact) mass is 578 g/mol. The highest BCUT2D eigenvalue weighted by Gasteiger charge is 2.27. The molecule has 0 radical (unpaired) electrons. The third-order valence-electron chi connectivity index (χ3n) is 4.55. The number of rotatable bonds is 10. The summed E-state index contributed by atoms with van der Waals surface area (Å²) in [6.45, 7) is 4.14. The van der Waals surface area contributed by atoms with E-state index in [-0.39, 0.29) is 55.9 Å². The predicted octanol–water partition coefficient (Wildman–Crippen LogP) is 6.73. The van der Waals surface area contributed by atoms with Crippen molar-refractivity contribution >= 4 is 70.3 Å². The topological polar surface area (TPSA) is 105 Å². The first-order valence-electron chi connectivity index (χ1n) is 10.9. The second-order valence-corrected chi connectivity index (χ2v) is 8.80. The van der Waals surface area contributed by atoms with Gasteiger partial charge in [-0.2, -0.15) is 0 Å². The van der Waals surface area contributed by atoms with Crippen molar-refractivity contribution in [2.45, 2.75) is 39.5 Å². The molecule has 194 valence electrons. The highest BCUT2D eigenvalue weighted by atomic mass is 35.5. The van der Waals surface area contributed by atoms with Gasteiger partial charge in [0.1, 0.15) is 11.1 Å². The van der Waals surface area contributed by atoms with Crippen LogP contribution in [0.2, 0.25) is 20.1 Å². The highest BCUT2D eigenvalue weighted by molar-refractivity contribution is 6.41. The maximum Gasteiger partial charge on any atom is 0.423 e. The second-order valence-electron chi connectivity index (χ2n) is 7.23. The molecule has 0 atom stereocenters. The van der Waals surface area contributed by atoms with Gasteiger partial charge < -0.3 is 18.9 Å². The highest BCUT2D eigenvalue weighted by Crippen LogP contribution is 2.36. The summed E-state index contributed by atoms with van der Waals surface area (Å²) in [4.78, 5) is 49.3. The third kappa shape index (κ3) is 7.74. The van der Waals surface area contributed by atoms with Crippen molar-refractivity contribution in [3.63, 3.8) is 0 Å². The first-order valence-corrected chi connectivity index (χ1v) is 12.4. The molecule has 0 unspecified atom stereocenters. The fourth-order valence-corrected chi connectivity index (χ4v) is 3.77. The van der Waals surface area contributed by atoms with Gasteiger partial charge in [0, 0.05) is 0 Å². The number of unbranched alkanes of at least 4 members (excludes halogenated alkanes) is 2. The van der Waals surface area contributed by atoms with Crippen molar-refractivity contribution < 1.29 is 38.1 Å². The summed E-state index contributed by atoms with van der Waals surface area (Å²) in [5.74, 6) is -5.25. The maximum atomic E-state index is 12.4. The smallest absolute Gasteiger partial charge is 0.423 e. The van der Waals surface area contributed by atoms with Crippen LogP contribution in [0.3, 0.4) is 0 Å². The normalized spacial score (nSPS) is 10.5. The van der Waals surface area contributed by atoms with Crippen LogP contribution in [-0.2, 0) is 19.1 Å². The Morgan fingerprint density at radius 1 is 0.639 bits per heavy atom. The van der Waals surface area contributed by atoms with E-state index in [1.165, 1.54) is 24.3 Å². The van der Waals surface area contributed by atoms with E-state index >= 15 is 0 Å². The molecule has 2 rings (SSSR count). The Balaban J connectivity index is 2.17. The third-order valence-corrected chi connectivity index (χ3v) is 5.93. The molecule has 12 heteroatoms. The first kappa shape index (κ1) is 29.7. The minimum atomic E-state index is -1.48. The zero-order valence-electron chi connectivity index (χ0n) is 19.3. The van der Waals surface area contributed by atoms with Gasteiger partial charge in [0.25, 0.3) is 0 Å². The molecule has 2 aromatic rings. The van der Waals surface area contributed by atoms with E-state index in [0.717, 1.165) is 12.8 Å². The number of benzene rings is 2. The molecule has 0 bridgehead atoms. The van der Waals surface area contributed by atoms with Crippen molar-refractivity contribution in [2.24, 2.45) is 0 Å². The first-order chi connectivity index (χ1) is 17.1. The van der Waals surface area contributed by atoms with Gasteiger partial charge in [0.2, 0.25) is 0 Å². The predicted molar refractivity (Wildman–Crippen MR) is 135 cm³/mol. The minimum absolute atomic E-state index is 0.0322. The van der Waals surface area contributed by atoms with Gasteiger partial charge in [0.05, 0.1) is 33.3 Å². The van der Waals surface area contributed by atoms with Crippen LogP contribution in [0.15, 0.2) is 24.3 Å². The van der Waals surface area contributed by atoms with Crippen molar-refractivity contribution in [1.29, 1.82) is 0 Å². The zero-order chi connectivity index (χ0) is 26.8. The molecule has 0 heterocycles. The van der Waals surface area contributed by atoms with Crippen molar-refractivity contribution in [3.05, 3.63) is 55.5 Å². The molecule has 0 aliphatic carbocycles. The van der Waals surface area contributed by atoms with Crippen LogP contribution in [0.25, 0.3) is 0 Å². The SMILES string of the molecule is CCCCOC(=O)c1c(Cl)ccc(OC(=O)C(=O)Oc2ccc(Cl)c(C(=O)OCCCC)c2Cl)c1Cl. The van der Waals surface area contributed by atoms with Crippen LogP contribution in [0.4, 0.5) is 0 Å². The summed E-state index contributed by atoms with van der Waals surface area (Å²) < 4.78 is 20.2. The van der Waals surface area contributed by atoms with Crippen molar-refractivity contribution in [1.82, 2.24) is 0 Å². The van der Waals surface area contributed by atoms with Crippen LogP contribution in [0.5, 0.6) is 11.5 Å². The van der Waals surface area contributed by atoms with Crippen LogP contribution >= 0.6 is 46.4 Å². The molecule has 8 nitrogen and oxygen atoms in total. The summed E-state index contributed by atoms with van der Waals surface area (Å²) in [5.41, 5.74) is -0.444. The molecule has 0 aliphatic heterocycles. The van der Waals surface area contributed by atoms with Gasteiger partial charge in [-0.25, -0.2) is 19.2 Å². The lowest BCUT2D eigenvalue weighted by Gasteiger charge is -2.13. The van der Waals surface area contributed by atoms with Crippen molar-refractivity contribution in [3.8, 4) is 11.5 Å². The lowest BCUT2D eigenvalue weighted by atomic mass is 10.2. The Morgan fingerprint density at radius 3 is 1.33 bits per heavy atom. The van der Waals surface area contributed by atoms with Gasteiger partial charge in [0.15, 0.2) is 11.5 Å². The van der Waals surface area contributed by atoms with Gasteiger partial charge >= 0.3 is 23.9 Å². The number of hydrogen-bond donors (Lipinski definition) is 0. The Hall–Kier alpha value is -2.52. The standard InChI is InChI=1S/C24H22Cl4O8/c1-3-5-11-33-21(29)17-13(25)7-9-15(19(17)27)35-23(31)24(32)36-16-10-8-14(26)18(20(16)28)22(30)34-12-6-4-2/h7-10H,3-6,11-12H2,1-2H3. The molecule has 0 aliphatic rings. The molecule has 2 aromatic carbocycles. The van der Waals surface area contributed by atoms with Crippen LogP contribution in [-0.4, -0.2) is 37.1 Å². The lowest BCUT2D eigenvalue weighted by Crippen LogP contribution is -2.26. The molecule has 0 N–H and O–H groups in total. The van der Waals surface area contributed by atoms with Crippen molar-refractivity contribution in [2.75, 3.05) is 13.2 Å². The van der Waals surface area contributed by atoms with E-state index in [9.17, 15) is 19.2 Å². The summed E-state index contributed by atoms with van der Waals surface area (Å²) in [6.07, 6.45) is 2.86. The minimum Gasteiger partial charge on any atom is -0.462 e. The van der Waals surface area contributed by atoms with E-state index in [4.69, 9.17) is 65.4 Å². The van der Waals surface area contributed by atoms with E-state index in [1.807, 2.05) is 13.8 Å².